The predicted octanol–water partition coefficient (Wildman–Crippen LogP) is 6.96. The van der Waals surface area contributed by atoms with Crippen molar-refractivity contribution in [1.82, 2.24) is 14.5 Å². The maximum atomic E-state index is 10.1. The summed E-state index contributed by atoms with van der Waals surface area (Å²) in [6, 6.07) is 33.3. The number of aromatic nitrogens is 3. The van der Waals surface area contributed by atoms with Crippen LogP contribution in [0.2, 0.25) is 0 Å². The molecule has 0 aliphatic carbocycles. The number of para-hydroxylation sites is 1. The van der Waals surface area contributed by atoms with Crippen molar-refractivity contribution in [2.45, 2.75) is 6.92 Å². The normalized spacial score (nSPS) is 10.9. The Labute approximate surface area is 208 Å². The third-order valence-electron chi connectivity index (χ3n) is 6.57. The van der Waals surface area contributed by atoms with Crippen molar-refractivity contribution in [2.24, 2.45) is 0 Å². The highest BCUT2D eigenvalue weighted by molar-refractivity contribution is 6.10. The van der Waals surface area contributed by atoms with Crippen molar-refractivity contribution in [3.05, 3.63) is 114 Å². The van der Waals surface area contributed by atoms with E-state index in [2.05, 4.69) is 82.1 Å². The second kappa shape index (κ2) is 8.51. The van der Waals surface area contributed by atoms with Crippen LogP contribution in [-0.4, -0.2) is 14.5 Å². The summed E-state index contributed by atoms with van der Waals surface area (Å²) in [4.78, 5) is 8.12. The van der Waals surface area contributed by atoms with Gasteiger partial charge in [-0.15, -0.1) is 0 Å². The van der Waals surface area contributed by atoms with Crippen LogP contribution in [0.15, 0.2) is 97.3 Å². The van der Waals surface area contributed by atoms with E-state index in [0.717, 1.165) is 38.6 Å². The number of rotatable bonds is 3. The molecule has 168 valence electrons. The standard InChI is InChI=1S/C31H19N5/c1-20-6-2-3-7-25(20)22-11-13-30-27(15-22)26-8-4-5-9-29(26)36(30)28-12-10-21(14-23(28)16-32)24-18-34-31(17-33)35-19-24/h2-15,18-19H,1H3. The van der Waals surface area contributed by atoms with Gasteiger partial charge in [-0.25, -0.2) is 9.97 Å². The van der Waals surface area contributed by atoms with Crippen LogP contribution in [0.5, 0.6) is 0 Å². The van der Waals surface area contributed by atoms with Gasteiger partial charge in [-0.3, -0.25) is 0 Å². The topological polar surface area (TPSA) is 78.3 Å². The maximum Gasteiger partial charge on any atom is 0.232 e. The van der Waals surface area contributed by atoms with Gasteiger partial charge in [-0.05, 0) is 59.5 Å². The highest BCUT2D eigenvalue weighted by atomic mass is 15.0. The number of hydrogen-bond acceptors (Lipinski definition) is 4. The van der Waals surface area contributed by atoms with Gasteiger partial charge in [0, 0.05) is 28.7 Å². The molecule has 2 aromatic heterocycles. The molecule has 0 spiro atoms. The molecule has 0 atom stereocenters. The summed E-state index contributed by atoms with van der Waals surface area (Å²) in [7, 11) is 0. The van der Waals surface area contributed by atoms with Gasteiger partial charge in [0.1, 0.15) is 12.1 Å². The molecule has 5 nitrogen and oxygen atoms in total. The average molecular weight is 462 g/mol. The van der Waals surface area contributed by atoms with Crippen molar-refractivity contribution >= 4 is 21.8 Å². The van der Waals surface area contributed by atoms with Gasteiger partial charge in [0.25, 0.3) is 0 Å². The molecule has 0 aliphatic heterocycles. The van der Waals surface area contributed by atoms with Crippen LogP contribution in [0, 0.1) is 29.6 Å². The molecule has 4 aromatic carbocycles. The van der Waals surface area contributed by atoms with Crippen molar-refractivity contribution < 1.29 is 0 Å². The first-order valence-corrected chi connectivity index (χ1v) is 11.5. The minimum absolute atomic E-state index is 0.117. The number of nitriles is 2. The molecule has 6 rings (SSSR count). The lowest BCUT2D eigenvalue weighted by Gasteiger charge is -2.12. The molecule has 0 saturated heterocycles. The van der Waals surface area contributed by atoms with E-state index in [1.54, 1.807) is 12.4 Å². The SMILES string of the molecule is Cc1ccccc1-c1ccc2c(c1)c1ccccc1n2-c1ccc(-c2cnc(C#N)nc2)cc1C#N. The van der Waals surface area contributed by atoms with Crippen molar-refractivity contribution in [2.75, 3.05) is 0 Å². The van der Waals surface area contributed by atoms with Crippen molar-refractivity contribution in [3.63, 3.8) is 0 Å². The molecule has 0 fully saturated rings. The third-order valence-corrected chi connectivity index (χ3v) is 6.57. The highest BCUT2D eigenvalue weighted by Gasteiger charge is 2.16. The van der Waals surface area contributed by atoms with Gasteiger partial charge in [-0.1, -0.05) is 54.6 Å². The minimum Gasteiger partial charge on any atom is -0.308 e. The molecule has 0 saturated carbocycles. The number of benzene rings is 4. The quantitative estimate of drug-likeness (QED) is 0.285. The van der Waals surface area contributed by atoms with E-state index in [0.29, 0.717) is 5.56 Å². The van der Waals surface area contributed by atoms with E-state index in [1.165, 1.54) is 16.7 Å². The van der Waals surface area contributed by atoms with E-state index in [9.17, 15) is 5.26 Å². The van der Waals surface area contributed by atoms with Crippen LogP contribution in [0.4, 0.5) is 0 Å². The van der Waals surface area contributed by atoms with E-state index in [-0.39, 0.29) is 5.82 Å². The largest absolute Gasteiger partial charge is 0.308 e. The van der Waals surface area contributed by atoms with E-state index in [1.807, 2.05) is 36.4 Å². The molecule has 0 N–H and O–H groups in total. The first kappa shape index (κ1) is 21.3. The number of aryl methyl sites for hydroxylation is 1. The average Bonchev–Trinajstić information content (AvgIpc) is 3.26. The summed E-state index contributed by atoms with van der Waals surface area (Å²) >= 11 is 0. The van der Waals surface area contributed by atoms with Crippen molar-refractivity contribution in [3.8, 4) is 40.1 Å². The molecule has 36 heavy (non-hydrogen) atoms. The lowest BCUT2D eigenvalue weighted by Crippen LogP contribution is -1.98. The van der Waals surface area contributed by atoms with Crippen LogP contribution < -0.4 is 0 Å². The molecule has 6 aromatic rings. The number of nitrogens with zero attached hydrogens (tertiary/aromatic N) is 5. The molecular formula is C31H19N5. The Hall–Kier alpha value is -5.26. The Morgan fingerprint density at radius 3 is 2.17 bits per heavy atom. The second-order valence-electron chi connectivity index (χ2n) is 8.65. The Morgan fingerprint density at radius 1 is 0.667 bits per heavy atom. The smallest absolute Gasteiger partial charge is 0.232 e. The molecule has 0 bridgehead atoms. The first-order valence-electron chi connectivity index (χ1n) is 11.5. The zero-order valence-corrected chi connectivity index (χ0v) is 19.5. The molecule has 0 radical (unpaired) electrons. The Kier molecular flexibility index (Phi) is 5.03. The summed E-state index contributed by atoms with van der Waals surface area (Å²) < 4.78 is 2.16. The lowest BCUT2D eigenvalue weighted by molar-refractivity contribution is 1.11. The zero-order valence-electron chi connectivity index (χ0n) is 19.5. The summed E-state index contributed by atoms with van der Waals surface area (Å²) in [6.07, 6.45) is 3.21. The molecule has 2 heterocycles. The summed E-state index contributed by atoms with van der Waals surface area (Å²) in [5.74, 6) is 0.117. The van der Waals surface area contributed by atoms with Gasteiger partial charge >= 0.3 is 0 Å². The minimum atomic E-state index is 0.117. The van der Waals surface area contributed by atoms with Gasteiger partial charge in [0.15, 0.2) is 0 Å². The fourth-order valence-electron chi connectivity index (χ4n) is 4.83. The lowest BCUT2D eigenvalue weighted by atomic mass is 9.99. The summed E-state index contributed by atoms with van der Waals surface area (Å²) in [6.45, 7) is 2.13. The van der Waals surface area contributed by atoms with Crippen LogP contribution >= 0.6 is 0 Å². The van der Waals surface area contributed by atoms with Gasteiger partial charge in [-0.2, -0.15) is 10.5 Å². The van der Waals surface area contributed by atoms with Crippen LogP contribution in [0.3, 0.4) is 0 Å². The molecule has 5 heteroatoms. The number of hydrogen-bond donors (Lipinski definition) is 0. The molecular weight excluding hydrogens is 442 g/mol. The van der Waals surface area contributed by atoms with Crippen LogP contribution in [0.1, 0.15) is 17.0 Å². The van der Waals surface area contributed by atoms with Crippen molar-refractivity contribution in [1.29, 1.82) is 10.5 Å². The third kappa shape index (κ3) is 3.39. The fraction of sp³-hybridized carbons (Fsp3) is 0.0323. The van der Waals surface area contributed by atoms with Gasteiger partial charge in [0.2, 0.25) is 5.82 Å². The summed E-state index contributed by atoms with van der Waals surface area (Å²) in [5.41, 5.74) is 8.62. The van der Waals surface area contributed by atoms with Crippen LogP contribution in [-0.2, 0) is 0 Å². The van der Waals surface area contributed by atoms with Gasteiger partial charge in [0.05, 0.1) is 22.3 Å². The number of fused-ring (bicyclic) bond motifs is 3. The van der Waals surface area contributed by atoms with E-state index >= 15 is 0 Å². The Bertz CT molecular complexity index is 1860. The van der Waals surface area contributed by atoms with Gasteiger partial charge < -0.3 is 4.57 Å². The molecule has 0 amide bonds. The van der Waals surface area contributed by atoms with E-state index in [4.69, 9.17) is 5.26 Å². The second-order valence-corrected chi connectivity index (χ2v) is 8.65. The fourth-order valence-corrected chi connectivity index (χ4v) is 4.83. The first-order chi connectivity index (χ1) is 17.7. The zero-order chi connectivity index (χ0) is 24.6. The Balaban J connectivity index is 1.56. The monoisotopic (exact) mass is 461 g/mol. The molecule has 0 aliphatic rings. The van der Waals surface area contributed by atoms with Crippen LogP contribution in [0.25, 0.3) is 49.7 Å². The summed E-state index contributed by atoms with van der Waals surface area (Å²) in [5, 5.41) is 21.3. The van der Waals surface area contributed by atoms with E-state index < -0.39 is 0 Å². The Morgan fingerprint density at radius 2 is 1.39 bits per heavy atom. The maximum absolute atomic E-state index is 10.1. The predicted molar refractivity (Wildman–Crippen MR) is 141 cm³/mol. The highest BCUT2D eigenvalue weighted by Crippen LogP contribution is 2.36. The molecule has 0 unspecified atom stereocenters.